The molecule has 3 aromatic rings. The highest BCUT2D eigenvalue weighted by atomic mass is 35.5. The summed E-state index contributed by atoms with van der Waals surface area (Å²) in [5.74, 6) is 0.303. The van der Waals surface area contributed by atoms with Crippen LogP contribution >= 0.6 is 11.6 Å². The van der Waals surface area contributed by atoms with Crippen molar-refractivity contribution in [2.45, 2.75) is 52.6 Å². The third-order valence-corrected chi connectivity index (χ3v) is 6.75. The van der Waals surface area contributed by atoms with Gasteiger partial charge in [0.2, 0.25) is 5.91 Å². The summed E-state index contributed by atoms with van der Waals surface area (Å²) in [5.41, 5.74) is 1.41. The Morgan fingerprint density at radius 3 is 2.63 bits per heavy atom. The van der Waals surface area contributed by atoms with E-state index in [0.29, 0.717) is 35.6 Å². The summed E-state index contributed by atoms with van der Waals surface area (Å²) < 4.78 is 1.42. The molecule has 0 spiro atoms. The van der Waals surface area contributed by atoms with Crippen LogP contribution in [0.3, 0.4) is 0 Å². The SMILES string of the molecule is C=CC(=O)N1CC(C)N(c2nc(=O)n(-c3c(C)ccnc3C(C)C)c3[nH]c(=O)c(Cl)cc23)CC1C. The molecule has 0 radical (unpaired) electrons. The van der Waals surface area contributed by atoms with Crippen molar-refractivity contribution in [3.05, 3.63) is 68.1 Å². The van der Waals surface area contributed by atoms with Crippen LogP contribution in [0.15, 0.2) is 40.6 Å². The van der Waals surface area contributed by atoms with Crippen LogP contribution in [-0.2, 0) is 4.79 Å². The summed E-state index contributed by atoms with van der Waals surface area (Å²) in [6, 6.07) is 3.09. The number of aromatic amines is 1. The average Bonchev–Trinajstić information content (AvgIpc) is 2.81. The second-order valence-corrected chi connectivity index (χ2v) is 9.73. The van der Waals surface area contributed by atoms with Crippen molar-refractivity contribution in [1.29, 1.82) is 0 Å². The predicted molar refractivity (Wildman–Crippen MR) is 138 cm³/mol. The molecule has 3 aromatic heterocycles. The van der Waals surface area contributed by atoms with Crippen LogP contribution < -0.4 is 16.1 Å². The number of H-pyrrole nitrogens is 1. The summed E-state index contributed by atoms with van der Waals surface area (Å²) in [6.07, 6.45) is 3.01. The van der Waals surface area contributed by atoms with Crippen molar-refractivity contribution in [3.63, 3.8) is 0 Å². The number of rotatable bonds is 4. The Morgan fingerprint density at radius 1 is 1.26 bits per heavy atom. The Balaban J connectivity index is 1.99. The van der Waals surface area contributed by atoms with E-state index in [1.807, 2.05) is 45.6 Å². The van der Waals surface area contributed by atoms with Crippen LogP contribution in [0, 0.1) is 6.92 Å². The topological polar surface area (TPSA) is 104 Å². The van der Waals surface area contributed by atoms with Gasteiger partial charge in [0.05, 0.1) is 16.8 Å². The van der Waals surface area contributed by atoms with Crippen molar-refractivity contribution in [3.8, 4) is 5.69 Å². The molecule has 35 heavy (non-hydrogen) atoms. The van der Waals surface area contributed by atoms with E-state index in [9.17, 15) is 14.4 Å². The summed E-state index contributed by atoms with van der Waals surface area (Å²) in [7, 11) is 0. The van der Waals surface area contributed by atoms with Crippen LogP contribution in [0.1, 0.15) is 44.9 Å². The van der Waals surface area contributed by atoms with Crippen LogP contribution in [0.2, 0.25) is 5.02 Å². The zero-order chi connectivity index (χ0) is 25.6. The van der Waals surface area contributed by atoms with Crippen molar-refractivity contribution < 1.29 is 4.79 Å². The van der Waals surface area contributed by atoms with Crippen molar-refractivity contribution >= 4 is 34.4 Å². The van der Waals surface area contributed by atoms with E-state index in [2.05, 4.69) is 21.5 Å². The Morgan fingerprint density at radius 2 is 1.97 bits per heavy atom. The molecular weight excluding hydrogens is 468 g/mol. The Hall–Kier alpha value is -3.46. The highest BCUT2D eigenvalue weighted by Gasteiger charge is 2.33. The van der Waals surface area contributed by atoms with E-state index in [0.717, 1.165) is 11.3 Å². The average molecular weight is 497 g/mol. The number of fused-ring (bicyclic) bond motifs is 1. The second-order valence-electron chi connectivity index (χ2n) is 9.32. The van der Waals surface area contributed by atoms with Gasteiger partial charge < -0.3 is 14.8 Å². The fourth-order valence-corrected chi connectivity index (χ4v) is 4.85. The molecule has 10 heteroatoms. The zero-order valence-corrected chi connectivity index (χ0v) is 21.3. The number of carbonyl (C=O) groups is 1. The quantitative estimate of drug-likeness (QED) is 0.556. The van der Waals surface area contributed by atoms with E-state index < -0.39 is 11.2 Å². The minimum Gasteiger partial charge on any atom is -0.349 e. The maximum atomic E-state index is 13.6. The summed E-state index contributed by atoms with van der Waals surface area (Å²) in [5, 5.41) is 0.536. The number of halogens is 1. The van der Waals surface area contributed by atoms with Gasteiger partial charge in [-0.1, -0.05) is 32.0 Å². The first-order valence-corrected chi connectivity index (χ1v) is 11.9. The first kappa shape index (κ1) is 24.7. The maximum absolute atomic E-state index is 13.6. The molecule has 4 rings (SSSR count). The van der Waals surface area contributed by atoms with Gasteiger partial charge in [-0.05, 0) is 50.5 Å². The molecule has 184 valence electrons. The molecule has 1 saturated heterocycles. The van der Waals surface area contributed by atoms with E-state index in [1.54, 1.807) is 17.2 Å². The lowest BCUT2D eigenvalue weighted by atomic mass is 10.0. The number of piperazine rings is 1. The first-order chi connectivity index (χ1) is 16.5. The number of pyridine rings is 2. The standard InChI is InChI=1S/C25H29ClN6O3/c1-7-19(33)30-11-16(6)31(12-15(30)5)22-17-10-18(26)24(34)28-23(17)32(25(35)29-22)21-14(4)8-9-27-20(21)13(2)3/h7-10,13,15-16H,1,11-12H2,2-6H3,(H,28,34). The summed E-state index contributed by atoms with van der Waals surface area (Å²) >= 11 is 6.24. The van der Waals surface area contributed by atoms with Crippen LogP contribution in [0.25, 0.3) is 16.7 Å². The molecule has 0 aromatic carbocycles. The fraction of sp³-hybridized carbons (Fsp3) is 0.400. The zero-order valence-electron chi connectivity index (χ0n) is 20.5. The molecule has 9 nitrogen and oxygen atoms in total. The Kier molecular flexibility index (Phi) is 6.55. The van der Waals surface area contributed by atoms with E-state index in [1.165, 1.54) is 10.6 Å². The molecule has 1 aliphatic rings. The predicted octanol–water partition coefficient (Wildman–Crippen LogP) is 3.17. The van der Waals surface area contributed by atoms with Gasteiger partial charge in [-0.25, -0.2) is 9.36 Å². The lowest BCUT2D eigenvalue weighted by Gasteiger charge is -2.44. The number of aromatic nitrogens is 4. The van der Waals surface area contributed by atoms with Crippen molar-refractivity contribution in [2.24, 2.45) is 0 Å². The molecule has 0 saturated carbocycles. The normalized spacial score (nSPS) is 18.4. The number of hydrogen-bond acceptors (Lipinski definition) is 6. The number of nitrogens with one attached hydrogen (secondary N) is 1. The smallest absolute Gasteiger partial charge is 0.349 e. The van der Waals surface area contributed by atoms with Crippen LogP contribution in [0.4, 0.5) is 5.82 Å². The molecule has 1 N–H and O–H groups in total. The number of nitrogens with zero attached hydrogens (tertiary/aromatic N) is 5. The molecule has 1 fully saturated rings. The lowest BCUT2D eigenvalue weighted by Crippen LogP contribution is -2.58. The minimum atomic E-state index is -0.534. The molecular formula is C25H29ClN6O3. The molecule has 0 bridgehead atoms. The Bertz CT molecular complexity index is 1440. The van der Waals surface area contributed by atoms with Gasteiger partial charge in [0.15, 0.2) is 0 Å². The third-order valence-electron chi connectivity index (χ3n) is 6.47. The first-order valence-electron chi connectivity index (χ1n) is 11.6. The van der Waals surface area contributed by atoms with Crippen LogP contribution in [0.5, 0.6) is 0 Å². The number of amides is 1. The van der Waals surface area contributed by atoms with Gasteiger partial charge in [-0.3, -0.25) is 14.6 Å². The van der Waals surface area contributed by atoms with Crippen molar-refractivity contribution in [1.82, 2.24) is 24.4 Å². The second kappa shape index (κ2) is 9.30. The van der Waals surface area contributed by atoms with Crippen LogP contribution in [-0.4, -0.2) is 55.5 Å². The molecule has 1 amide bonds. The van der Waals surface area contributed by atoms with E-state index >= 15 is 0 Å². The monoisotopic (exact) mass is 496 g/mol. The van der Waals surface area contributed by atoms with Gasteiger partial charge in [-0.15, -0.1) is 0 Å². The molecule has 2 unspecified atom stereocenters. The molecule has 0 aliphatic carbocycles. The number of aryl methyl sites for hydroxylation is 1. The van der Waals surface area contributed by atoms with Gasteiger partial charge >= 0.3 is 5.69 Å². The highest BCUT2D eigenvalue weighted by Crippen LogP contribution is 2.31. The van der Waals surface area contributed by atoms with Gasteiger partial charge in [0.25, 0.3) is 5.56 Å². The number of carbonyl (C=O) groups excluding carboxylic acids is 1. The summed E-state index contributed by atoms with van der Waals surface area (Å²) in [4.78, 5) is 54.0. The van der Waals surface area contributed by atoms with E-state index in [-0.39, 0.29) is 28.9 Å². The molecule has 1 aliphatic heterocycles. The highest BCUT2D eigenvalue weighted by molar-refractivity contribution is 6.31. The van der Waals surface area contributed by atoms with Gasteiger partial charge in [0, 0.05) is 31.4 Å². The number of hydrogen-bond donors (Lipinski definition) is 1. The largest absolute Gasteiger partial charge is 0.355 e. The minimum absolute atomic E-state index is 0.00101. The van der Waals surface area contributed by atoms with Gasteiger partial charge in [0.1, 0.15) is 16.5 Å². The fourth-order valence-electron chi connectivity index (χ4n) is 4.70. The lowest BCUT2D eigenvalue weighted by molar-refractivity contribution is -0.128. The maximum Gasteiger partial charge on any atom is 0.355 e. The van der Waals surface area contributed by atoms with Crippen molar-refractivity contribution in [2.75, 3.05) is 18.0 Å². The number of anilines is 1. The molecule has 2 atom stereocenters. The third kappa shape index (κ3) is 4.25. The Labute approximate surface area is 208 Å². The van der Waals surface area contributed by atoms with E-state index in [4.69, 9.17) is 11.6 Å². The molecule has 4 heterocycles. The summed E-state index contributed by atoms with van der Waals surface area (Å²) in [6.45, 7) is 14.3. The van der Waals surface area contributed by atoms with Gasteiger partial charge in [-0.2, -0.15) is 4.98 Å².